The van der Waals surface area contributed by atoms with Crippen LogP contribution >= 0.6 is 0 Å². The molecule has 0 aromatic carbocycles. The van der Waals surface area contributed by atoms with Crippen molar-refractivity contribution < 1.29 is 14.6 Å². The molecule has 1 aliphatic heterocycles. The number of nitriles is 1. The lowest BCUT2D eigenvalue weighted by Gasteiger charge is -2.41. The molecule has 1 N–H and O–H groups in total. The molecule has 1 heterocycles. The molecule has 0 aromatic rings. The Morgan fingerprint density at radius 2 is 2.38 bits per heavy atom. The van der Waals surface area contributed by atoms with Gasteiger partial charge in [-0.2, -0.15) is 5.26 Å². The number of carbonyl (C=O) groups is 1. The van der Waals surface area contributed by atoms with E-state index in [1.807, 2.05) is 6.92 Å². The van der Waals surface area contributed by atoms with E-state index in [0.29, 0.717) is 19.6 Å². The standard InChI is InChI=1S/C9H13NO3/c1-2-9(5-13-6-9)3-7(4-10)8(11)12/h7H,2-3,5-6H2,1H3,(H,11,12). The van der Waals surface area contributed by atoms with Gasteiger partial charge in [0, 0.05) is 5.41 Å². The van der Waals surface area contributed by atoms with E-state index in [4.69, 9.17) is 15.1 Å². The molecule has 0 radical (unpaired) electrons. The summed E-state index contributed by atoms with van der Waals surface area (Å²) in [5.74, 6) is -1.91. The third kappa shape index (κ3) is 1.99. The Balaban J connectivity index is 2.55. The summed E-state index contributed by atoms with van der Waals surface area (Å²) in [6.45, 7) is 3.18. The van der Waals surface area contributed by atoms with Crippen LogP contribution in [0.3, 0.4) is 0 Å². The Labute approximate surface area is 77.1 Å². The molecule has 1 fully saturated rings. The molecule has 1 atom stereocenters. The van der Waals surface area contributed by atoms with Crippen molar-refractivity contribution in [3.05, 3.63) is 0 Å². The van der Waals surface area contributed by atoms with Gasteiger partial charge in [0.1, 0.15) is 5.92 Å². The van der Waals surface area contributed by atoms with Crippen LogP contribution in [0.15, 0.2) is 0 Å². The van der Waals surface area contributed by atoms with Crippen molar-refractivity contribution >= 4 is 5.97 Å². The zero-order valence-corrected chi connectivity index (χ0v) is 7.62. The topological polar surface area (TPSA) is 70.3 Å². The smallest absolute Gasteiger partial charge is 0.320 e. The average Bonchev–Trinajstić information content (AvgIpc) is 2.03. The third-order valence-corrected chi connectivity index (χ3v) is 2.66. The van der Waals surface area contributed by atoms with E-state index in [9.17, 15) is 4.79 Å². The van der Waals surface area contributed by atoms with Crippen LogP contribution in [0.25, 0.3) is 0 Å². The van der Waals surface area contributed by atoms with Gasteiger partial charge in [0.15, 0.2) is 0 Å². The molecule has 0 aromatic heterocycles. The van der Waals surface area contributed by atoms with Crippen LogP contribution in [0.1, 0.15) is 19.8 Å². The zero-order chi connectivity index (χ0) is 9.90. The average molecular weight is 183 g/mol. The molecule has 1 unspecified atom stereocenters. The van der Waals surface area contributed by atoms with Crippen molar-refractivity contribution in [2.75, 3.05) is 13.2 Å². The maximum Gasteiger partial charge on any atom is 0.320 e. The van der Waals surface area contributed by atoms with E-state index in [1.54, 1.807) is 6.07 Å². The first-order valence-electron chi connectivity index (χ1n) is 4.34. The van der Waals surface area contributed by atoms with Gasteiger partial charge < -0.3 is 9.84 Å². The second-order valence-electron chi connectivity index (χ2n) is 3.57. The van der Waals surface area contributed by atoms with Crippen molar-refractivity contribution in [2.24, 2.45) is 11.3 Å². The number of hydrogen-bond acceptors (Lipinski definition) is 3. The van der Waals surface area contributed by atoms with Crippen molar-refractivity contribution in [3.63, 3.8) is 0 Å². The summed E-state index contributed by atoms with van der Waals surface area (Å²) in [6.07, 6.45) is 1.29. The minimum Gasteiger partial charge on any atom is -0.480 e. The van der Waals surface area contributed by atoms with E-state index in [-0.39, 0.29) is 5.41 Å². The number of carboxylic acids is 1. The molecule has 0 spiro atoms. The Morgan fingerprint density at radius 3 is 2.62 bits per heavy atom. The van der Waals surface area contributed by atoms with Crippen LogP contribution in [-0.2, 0) is 9.53 Å². The monoisotopic (exact) mass is 183 g/mol. The molecule has 1 saturated heterocycles. The second kappa shape index (κ2) is 3.75. The summed E-state index contributed by atoms with van der Waals surface area (Å²) >= 11 is 0. The molecular weight excluding hydrogens is 170 g/mol. The third-order valence-electron chi connectivity index (χ3n) is 2.66. The molecule has 1 rings (SSSR count). The van der Waals surface area contributed by atoms with Crippen LogP contribution in [0, 0.1) is 22.7 Å². The number of hydrogen-bond donors (Lipinski definition) is 1. The number of carboxylic acid groups (broad SMARTS) is 1. The summed E-state index contributed by atoms with van der Waals surface area (Å²) in [5, 5.41) is 17.3. The van der Waals surface area contributed by atoms with Gasteiger partial charge in [0.25, 0.3) is 0 Å². The lowest BCUT2D eigenvalue weighted by Crippen LogP contribution is -2.44. The van der Waals surface area contributed by atoms with Crippen LogP contribution < -0.4 is 0 Å². The highest BCUT2D eigenvalue weighted by Gasteiger charge is 2.40. The summed E-state index contributed by atoms with van der Waals surface area (Å²) in [5.41, 5.74) is -0.0568. The highest BCUT2D eigenvalue weighted by molar-refractivity contribution is 5.72. The minimum absolute atomic E-state index is 0.0568. The second-order valence-corrected chi connectivity index (χ2v) is 3.57. The summed E-state index contributed by atoms with van der Waals surface area (Å²) in [7, 11) is 0. The summed E-state index contributed by atoms with van der Waals surface area (Å²) in [4.78, 5) is 10.6. The number of ether oxygens (including phenoxy) is 1. The van der Waals surface area contributed by atoms with E-state index >= 15 is 0 Å². The highest BCUT2D eigenvalue weighted by Crippen LogP contribution is 2.37. The Bertz CT molecular complexity index is 234. The quantitative estimate of drug-likeness (QED) is 0.706. The molecule has 0 amide bonds. The van der Waals surface area contributed by atoms with Crippen molar-refractivity contribution in [3.8, 4) is 6.07 Å². The van der Waals surface area contributed by atoms with Crippen molar-refractivity contribution in [1.29, 1.82) is 5.26 Å². The van der Waals surface area contributed by atoms with Gasteiger partial charge in [-0.3, -0.25) is 4.79 Å². The zero-order valence-electron chi connectivity index (χ0n) is 7.62. The number of nitrogens with zero attached hydrogens (tertiary/aromatic N) is 1. The molecule has 1 aliphatic rings. The van der Waals surface area contributed by atoms with E-state index in [2.05, 4.69) is 0 Å². The highest BCUT2D eigenvalue weighted by atomic mass is 16.5. The maximum absolute atomic E-state index is 10.6. The molecule has 13 heavy (non-hydrogen) atoms. The van der Waals surface area contributed by atoms with Crippen molar-refractivity contribution in [1.82, 2.24) is 0 Å². The number of rotatable bonds is 4. The molecular formula is C9H13NO3. The molecule has 0 bridgehead atoms. The Morgan fingerprint density at radius 1 is 1.77 bits per heavy atom. The van der Waals surface area contributed by atoms with Crippen LogP contribution in [0.4, 0.5) is 0 Å². The lowest BCUT2D eigenvalue weighted by molar-refractivity contribution is -0.149. The first-order valence-corrected chi connectivity index (χ1v) is 4.34. The molecule has 4 heteroatoms. The summed E-state index contributed by atoms with van der Waals surface area (Å²) in [6, 6.07) is 1.80. The van der Waals surface area contributed by atoms with Gasteiger partial charge in [-0.15, -0.1) is 0 Å². The fourth-order valence-corrected chi connectivity index (χ4v) is 1.48. The van der Waals surface area contributed by atoms with Crippen LogP contribution in [0.5, 0.6) is 0 Å². The predicted octanol–water partition coefficient (Wildman–Crippen LogP) is 1.03. The van der Waals surface area contributed by atoms with Crippen molar-refractivity contribution in [2.45, 2.75) is 19.8 Å². The van der Waals surface area contributed by atoms with Crippen LogP contribution in [-0.4, -0.2) is 24.3 Å². The van der Waals surface area contributed by atoms with E-state index in [1.165, 1.54) is 0 Å². The fraction of sp³-hybridized carbons (Fsp3) is 0.778. The maximum atomic E-state index is 10.6. The lowest BCUT2D eigenvalue weighted by atomic mass is 9.76. The van der Waals surface area contributed by atoms with E-state index in [0.717, 1.165) is 6.42 Å². The molecule has 0 saturated carbocycles. The largest absolute Gasteiger partial charge is 0.480 e. The molecule has 0 aliphatic carbocycles. The van der Waals surface area contributed by atoms with Crippen LogP contribution in [0.2, 0.25) is 0 Å². The SMILES string of the molecule is CCC1(CC(C#N)C(=O)O)COC1. The minimum atomic E-state index is -1.03. The summed E-state index contributed by atoms with van der Waals surface area (Å²) < 4.78 is 5.05. The van der Waals surface area contributed by atoms with Gasteiger partial charge in [-0.05, 0) is 12.8 Å². The van der Waals surface area contributed by atoms with E-state index < -0.39 is 11.9 Å². The first kappa shape index (κ1) is 10.0. The Kier molecular flexibility index (Phi) is 2.89. The van der Waals surface area contributed by atoms with Gasteiger partial charge in [0.2, 0.25) is 0 Å². The number of aliphatic carboxylic acids is 1. The van der Waals surface area contributed by atoms with Gasteiger partial charge in [0.05, 0.1) is 19.3 Å². The first-order chi connectivity index (χ1) is 6.13. The Hall–Kier alpha value is -1.08. The van der Waals surface area contributed by atoms with Gasteiger partial charge in [-0.1, -0.05) is 6.92 Å². The predicted molar refractivity (Wildman–Crippen MR) is 44.9 cm³/mol. The fourth-order valence-electron chi connectivity index (χ4n) is 1.48. The molecule has 4 nitrogen and oxygen atoms in total. The van der Waals surface area contributed by atoms with Gasteiger partial charge in [-0.25, -0.2) is 0 Å². The van der Waals surface area contributed by atoms with Gasteiger partial charge >= 0.3 is 5.97 Å². The molecule has 72 valence electrons. The normalized spacial score (nSPS) is 21.2.